The first-order chi connectivity index (χ1) is 13.7. The Bertz CT molecular complexity index is 791. The number of hydrogen-bond donors (Lipinski definition) is 1. The second-order valence-corrected chi connectivity index (χ2v) is 8.51. The Hall–Kier alpha value is -2.07. The van der Waals surface area contributed by atoms with Crippen LogP contribution in [0.1, 0.15) is 67.6 Å². The average molecular weight is 381 g/mol. The molecule has 1 N–H and O–H groups in total. The highest BCUT2D eigenvalue weighted by Gasteiger charge is 2.36. The molecule has 150 valence electrons. The summed E-state index contributed by atoms with van der Waals surface area (Å²) < 4.78 is 5.91. The molecule has 4 rings (SSSR count). The molecule has 1 aliphatic carbocycles. The average Bonchev–Trinajstić information content (AvgIpc) is 3.26. The monoisotopic (exact) mass is 380 g/mol. The molecule has 0 bridgehead atoms. The van der Waals surface area contributed by atoms with E-state index in [4.69, 9.17) is 4.42 Å². The Morgan fingerprint density at radius 3 is 2.61 bits per heavy atom. The number of nitrogens with one attached hydrogen (secondary N) is 1. The number of likely N-dealkylation sites (tertiary alicyclic amines) is 1. The van der Waals surface area contributed by atoms with Gasteiger partial charge in [-0.1, -0.05) is 37.6 Å². The van der Waals surface area contributed by atoms with Gasteiger partial charge in [-0.05, 0) is 61.5 Å². The minimum Gasteiger partial charge on any atom is -0.466 e. The van der Waals surface area contributed by atoms with E-state index in [1.165, 1.54) is 49.9 Å². The molecule has 1 aliphatic heterocycles. The van der Waals surface area contributed by atoms with Crippen LogP contribution in [0.3, 0.4) is 0 Å². The zero-order chi connectivity index (χ0) is 19.3. The van der Waals surface area contributed by atoms with Gasteiger partial charge in [0.25, 0.3) is 0 Å². The lowest BCUT2D eigenvalue weighted by atomic mass is 10.0. The van der Waals surface area contributed by atoms with Crippen molar-refractivity contribution in [1.82, 2.24) is 10.2 Å². The number of carbonyl (C=O) groups excluding carboxylic acids is 1. The number of aryl methyl sites for hydroxylation is 1. The maximum Gasteiger partial charge on any atom is 0.220 e. The third-order valence-corrected chi connectivity index (χ3v) is 6.19. The van der Waals surface area contributed by atoms with Gasteiger partial charge in [0.2, 0.25) is 5.91 Å². The van der Waals surface area contributed by atoms with E-state index < -0.39 is 0 Å². The van der Waals surface area contributed by atoms with Crippen molar-refractivity contribution < 1.29 is 9.21 Å². The molecule has 28 heavy (non-hydrogen) atoms. The van der Waals surface area contributed by atoms with Gasteiger partial charge in [0.05, 0.1) is 0 Å². The van der Waals surface area contributed by atoms with Crippen LogP contribution in [0.2, 0.25) is 0 Å². The summed E-state index contributed by atoms with van der Waals surface area (Å²) in [4.78, 5) is 14.9. The van der Waals surface area contributed by atoms with Crippen LogP contribution in [0.5, 0.6) is 0 Å². The molecule has 2 aliphatic rings. The number of carbonyl (C=O) groups is 1. The largest absolute Gasteiger partial charge is 0.466 e. The normalized spacial score (nSPS) is 22.2. The van der Waals surface area contributed by atoms with E-state index in [2.05, 4.69) is 47.5 Å². The molecule has 2 heterocycles. The van der Waals surface area contributed by atoms with Crippen molar-refractivity contribution in [2.24, 2.45) is 5.92 Å². The van der Waals surface area contributed by atoms with Crippen LogP contribution in [-0.2, 0) is 24.3 Å². The second-order valence-electron chi connectivity index (χ2n) is 8.51. The number of rotatable bonds is 8. The predicted octanol–water partition coefficient (Wildman–Crippen LogP) is 4.64. The topological polar surface area (TPSA) is 45.5 Å². The zero-order valence-corrected chi connectivity index (χ0v) is 17.0. The van der Waals surface area contributed by atoms with E-state index >= 15 is 0 Å². The first-order valence-electron chi connectivity index (χ1n) is 10.8. The number of amides is 1. The Kier molecular flexibility index (Phi) is 6.16. The van der Waals surface area contributed by atoms with Crippen molar-refractivity contribution in [3.8, 4) is 0 Å². The van der Waals surface area contributed by atoms with Gasteiger partial charge in [0.15, 0.2) is 0 Å². The molecule has 1 saturated heterocycles. The van der Waals surface area contributed by atoms with Gasteiger partial charge < -0.3 is 9.73 Å². The molecule has 0 unspecified atom stereocenters. The molecule has 2 aromatic rings. The molecular weight excluding hydrogens is 348 g/mol. The summed E-state index contributed by atoms with van der Waals surface area (Å²) in [6.07, 6.45) is 6.32. The summed E-state index contributed by atoms with van der Waals surface area (Å²) in [5.74, 6) is 3.45. The van der Waals surface area contributed by atoms with Crippen molar-refractivity contribution in [2.45, 2.75) is 64.5 Å². The van der Waals surface area contributed by atoms with Crippen LogP contribution < -0.4 is 5.32 Å². The molecule has 1 saturated carbocycles. The van der Waals surface area contributed by atoms with Gasteiger partial charge >= 0.3 is 0 Å². The fraction of sp³-hybridized carbons (Fsp3) is 0.542. The summed E-state index contributed by atoms with van der Waals surface area (Å²) in [6, 6.07) is 12.6. The molecular formula is C24H32N2O2. The molecule has 1 amide bonds. The molecule has 4 nitrogen and oxygen atoms in total. The summed E-state index contributed by atoms with van der Waals surface area (Å²) in [5.41, 5.74) is 2.56. The molecule has 2 atom stereocenters. The SMILES string of the molecule is C[C@@H]1C[C@@H]1c1ccc(CCC(=O)NCc2ccccc2CN2CCCCC2)o1. The van der Waals surface area contributed by atoms with Crippen LogP contribution in [0.25, 0.3) is 0 Å². The maximum absolute atomic E-state index is 12.3. The highest BCUT2D eigenvalue weighted by Crippen LogP contribution is 2.47. The zero-order valence-electron chi connectivity index (χ0n) is 17.0. The van der Waals surface area contributed by atoms with E-state index in [0.29, 0.717) is 25.3 Å². The smallest absolute Gasteiger partial charge is 0.220 e. The van der Waals surface area contributed by atoms with Gasteiger partial charge in [0.1, 0.15) is 11.5 Å². The summed E-state index contributed by atoms with van der Waals surface area (Å²) in [5, 5.41) is 3.10. The van der Waals surface area contributed by atoms with Crippen molar-refractivity contribution in [1.29, 1.82) is 0 Å². The third-order valence-electron chi connectivity index (χ3n) is 6.19. The molecule has 1 aromatic heterocycles. The van der Waals surface area contributed by atoms with Gasteiger partial charge in [0, 0.05) is 31.8 Å². The first kappa shape index (κ1) is 19.3. The third kappa shape index (κ3) is 5.05. The minimum atomic E-state index is 0.0884. The molecule has 4 heteroatoms. The number of piperidine rings is 1. The first-order valence-corrected chi connectivity index (χ1v) is 10.8. The van der Waals surface area contributed by atoms with Crippen LogP contribution in [-0.4, -0.2) is 23.9 Å². The Balaban J connectivity index is 1.24. The molecule has 1 aromatic carbocycles. The van der Waals surface area contributed by atoms with Gasteiger partial charge in [-0.3, -0.25) is 9.69 Å². The lowest BCUT2D eigenvalue weighted by Gasteiger charge is -2.27. The van der Waals surface area contributed by atoms with Crippen LogP contribution in [0.15, 0.2) is 40.8 Å². The minimum absolute atomic E-state index is 0.0884. The van der Waals surface area contributed by atoms with Gasteiger partial charge in [-0.2, -0.15) is 0 Å². The van der Waals surface area contributed by atoms with Crippen molar-refractivity contribution in [3.05, 3.63) is 59.0 Å². The Morgan fingerprint density at radius 1 is 1.11 bits per heavy atom. The van der Waals surface area contributed by atoms with Gasteiger partial charge in [-0.25, -0.2) is 0 Å². The van der Waals surface area contributed by atoms with Gasteiger partial charge in [-0.15, -0.1) is 0 Å². The van der Waals surface area contributed by atoms with E-state index in [-0.39, 0.29) is 5.91 Å². The van der Waals surface area contributed by atoms with Crippen molar-refractivity contribution >= 4 is 5.91 Å². The predicted molar refractivity (Wildman–Crippen MR) is 111 cm³/mol. The van der Waals surface area contributed by atoms with E-state index in [9.17, 15) is 4.79 Å². The van der Waals surface area contributed by atoms with Crippen LogP contribution in [0, 0.1) is 5.92 Å². The summed E-state index contributed by atoms with van der Waals surface area (Å²) >= 11 is 0. The van der Waals surface area contributed by atoms with E-state index in [1.54, 1.807) is 0 Å². The number of furan rings is 1. The highest BCUT2D eigenvalue weighted by molar-refractivity contribution is 5.76. The summed E-state index contributed by atoms with van der Waals surface area (Å²) in [6.45, 7) is 6.22. The van der Waals surface area contributed by atoms with E-state index in [1.807, 2.05) is 6.07 Å². The second kappa shape index (κ2) is 8.95. The van der Waals surface area contributed by atoms with E-state index in [0.717, 1.165) is 24.0 Å². The maximum atomic E-state index is 12.3. The summed E-state index contributed by atoms with van der Waals surface area (Å²) in [7, 11) is 0. The molecule has 2 fully saturated rings. The highest BCUT2D eigenvalue weighted by atomic mass is 16.3. The lowest BCUT2D eigenvalue weighted by molar-refractivity contribution is -0.121. The fourth-order valence-electron chi connectivity index (χ4n) is 4.21. The standard InChI is InChI=1S/C24H32N2O2/c1-18-15-22(18)23-11-9-21(28-23)10-12-24(27)25-16-19-7-3-4-8-20(19)17-26-13-5-2-6-14-26/h3-4,7-9,11,18,22H,2,5-6,10,12-17H2,1H3,(H,25,27)/t18-,22+/m1/s1. The Morgan fingerprint density at radius 2 is 1.86 bits per heavy atom. The van der Waals surface area contributed by atoms with Crippen LogP contribution in [0.4, 0.5) is 0 Å². The molecule has 0 spiro atoms. The fourth-order valence-corrected chi connectivity index (χ4v) is 4.21. The van der Waals surface area contributed by atoms with Crippen molar-refractivity contribution in [2.75, 3.05) is 13.1 Å². The number of hydrogen-bond acceptors (Lipinski definition) is 3. The Labute approximate surface area is 168 Å². The lowest BCUT2D eigenvalue weighted by Crippen LogP contribution is -2.30. The number of benzene rings is 1. The quantitative estimate of drug-likeness (QED) is 0.726. The molecule has 0 radical (unpaired) electrons. The number of nitrogens with zero attached hydrogens (tertiary/aromatic N) is 1. The van der Waals surface area contributed by atoms with Crippen molar-refractivity contribution in [3.63, 3.8) is 0 Å². The van der Waals surface area contributed by atoms with Crippen LogP contribution >= 0.6 is 0 Å².